The van der Waals surface area contributed by atoms with Crippen molar-refractivity contribution in [1.82, 2.24) is 14.5 Å². The van der Waals surface area contributed by atoms with Gasteiger partial charge in [-0.15, -0.1) is 0 Å². The van der Waals surface area contributed by atoms with E-state index >= 15 is 0 Å². The molecule has 2 aromatic carbocycles. The number of aromatic nitrogens is 3. The predicted molar refractivity (Wildman–Crippen MR) is 127 cm³/mol. The van der Waals surface area contributed by atoms with Crippen LogP contribution in [0, 0.1) is 0 Å². The number of hydrogen-bond donors (Lipinski definition) is 1. The molecule has 5 rings (SSSR count). The lowest BCUT2D eigenvalue weighted by atomic mass is 10.1. The van der Waals surface area contributed by atoms with Crippen LogP contribution >= 0.6 is 0 Å². The predicted octanol–water partition coefficient (Wildman–Crippen LogP) is 4.16. The van der Waals surface area contributed by atoms with Crippen LogP contribution in [0.5, 0.6) is 5.75 Å². The van der Waals surface area contributed by atoms with Crippen molar-refractivity contribution in [3.8, 4) is 5.75 Å². The first-order valence-electron chi connectivity index (χ1n) is 10.5. The van der Waals surface area contributed by atoms with Crippen LogP contribution in [0.15, 0.2) is 96.2 Å². The first-order valence-corrected chi connectivity index (χ1v) is 10.5. The highest BCUT2D eigenvalue weighted by atomic mass is 16.5. The van der Waals surface area contributed by atoms with Gasteiger partial charge >= 0.3 is 0 Å². The number of ether oxygens (including phenoxy) is 1. The number of benzene rings is 2. The Labute approximate surface area is 189 Å². The molecule has 0 aliphatic rings. The number of hydrogen-bond acceptors (Lipinski definition) is 5. The van der Waals surface area contributed by atoms with Gasteiger partial charge in [0.15, 0.2) is 17.0 Å². The molecule has 162 valence electrons. The van der Waals surface area contributed by atoms with E-state index in [0.717, 1.165) is 5.56 Å². The van der Waals surface area contributed by atoms with E-state index in [1.165, 1.54) is 0 Å². The zero-order chi connectivity index (χ0) is 22.6. The number of carbonyl (C=O) groups excluding carboxylic acids is 1. The molecule has 7 heteroatoms. The van der Waals surface area contributed by atoms with Gasteiger partial charge in [-0.3, -0.25) is 14.6 Å². The van der Waals surface area contributed by atoms with E-state index in [4.69, 9.17) is 4.74 Å². The van der Waals surface area contributed by atoms with Gasteiger partial charge in [-0.05, 0) is 54.1 Å². The summed E-state index contributed by atoms with van der Waals surface area (Å²) in [6, 6.07) is 21.8. The fourth-order valence-corrected chi connectivity index (χ4v) is 3.80. The SMILES string of the molecule is O=C(Cn1c2ccccc2c(=O)c2ccccc21)Nc1ncccc1OCc1ccncc1. The Kier molecular flexibility index (Phi) is 5.51. The molecule has 5 aromatic rings. The third kappa shape index (κ3) is 4.16. The summed E-state index contributed by atoms with van der Waals surface area (Å²) >= 11 is 0. The first kappa shape index (κ1) is 20.4. The Balaban J connectivity index is 1.44. The number of carbonyl (C=O) groups is 1. The molecule has 0 unspecified atom stereocenters. The largest absolute Gasteiger partial charge is 0.485 e. The van der Waals surface area contributed by atoms with Gasteiger partial charge < -0.3 is 14.6 Å². The van der Waals surface area contributed by atoms with Crippen molar-refractivity contribution < 1.29 is 9.53 Å². The topological polar surface area (TPSA) is 86.1 Å². The molecular weight excluding hydrogens is 416 g/mol. The third-order valence-electron chi connectivity index (χ3n) is 5.35. The van der Waals surface area contributed by atoms with Gasteiger partial charge in [0.05, 0.1) is 11.0 Å². The molecule has 33 heavy (non-hydrogen) atoms. The summed E-state index contributed by atoms with van der Waals surface area (Å²) < 4.78 is 7.73. The highest BCUT2D eigenvalue weighted by Crippen LogP contribution is 2.23. The van der Waals surface area contributed by atoms with Gasteiger partial charge in [0.2, 0.25) is 5.91 Å². The van der Waals surface area contributed by atoms with Crippen molar-refractivity contribution in [2.75, 3.05) is 5.32 Å². The van der Waals surface area contributed by atoms with E-state index in [1.807, 2.05) is 53.1 Å². The van der Waals surface area contributed by atoms with Crippen molar-refractivity contribution in [2.24, 2.45) is 0 Å². The first-order chi connectivity index (χ1) is 16.2. The van der Waals surface area contributed by atoms with Crippen molar-refractivity contribution in [3.05, 3.63) is 107 Å². The fraction of sp³-hybridized carbons (Fsp3) is 0.0769. The normalized spacial score (nSPS) is 10.9. The van der Waals surface area contributed by atoms with E-state index in [0.29, 0.717) is 40.0 Å². The van der Waals surface area contributed by atoms with Crippen LogP contribution in [-0.2, 0) is 17.9 Å². The maximum Gasteiger partial charge on any atom is 0.245 e. The minimum atomic E-state index is -0.276. The van der Waals surface area contributed by atoms with Crippen LogP contribution in [0.1, 0.15) is 5.56 Å². The lowest BCUT2D eigenvalue weighted by Gasteiger charge is -2.16. The number of fused-ring (bicyclic) bond motifs is 2. The zero-order valence-corrected chi connectivity index (χ0v) is 17.6. The Morgan fingerprint density at radius 1 is 0.848 bits per heavy atom. The minimum Gasteiger partial charge on any atom is -0.485 e. The van der Waals surface area contributed by atoms with Crippen molar-refractivity contribution >= 4 is 33.5 Å². The summed E-state index contributed by atoms with van der Waals surface area (Å²) in [5.41, 5.74) is 2.31. The van der Waals surface area contributed by atoms with Crippen LogP contribution in [0.2, 0.25) is 0 Å². The molecule has 3 aromatic heterocycles. The lowest BCUT2D eigenvalue weighted by molar-refractivity contribution is -0.116. The van der Waals surface area contributed by atoms with E-state index in [2.05, 4.69) is 15.3 Å². The molecule has 0 bridgehead atoms. The molecule has 0 saturated carbocycles. The monoisotopic (exact) mass is 436 g/mol. The number of rotatable bonds is 6. The minimum absolute atomic E-state index is 0.0156. The molecule has 1 amide bonds. The van der Waals surface area contributed by atoms with Crippen molar-refractivity contribution in [3.63, 3.8) is 0 Å². The molecular formula is C26H20N4O3. The molecule has 0 radical (unpaired) electrons. The molecule has 0 atom stereocenters. The second kappa shape index (κ2) is 8.92. The summed E-state index contributed by atoms with van der Waals surface area (Å²) in [6.45, 7) is 0.341. The number of nitrogens with zero attached hydrogens (tertiary/aromatic N) is 3. The Bertz CT molecular complexity index is 1450. The van der Waals surface area contributed by atoms with Gasteiger partial charge in [-0.1, -0.05) is 24.3 Å². The highest BCUT2D eigenvalue weighted by molar-refractivity contribution is 5.97. The maximum atomic E-state index is 13.1. The molecule has 0 fully saturated rings. The van der Waals surface area contributed by atoms with Crippen LogP contribution in [-0.4, -0.2) is 20.4 Å². The number of nitrogens with one attached hydrogen (secondary N) is 1. The summed E-state index contributed by atoms with van der Waals surface area (Å²) in [4.78, 5) is 34.3. The quantitative estimate of drug-likeness (QED) is 0.404. The van der Waals surface area contributed by atoms with Gasteiger partial charge in [0.25, 0.3) is 0 Å². The summed E-state index contributed by atoms with van der Waals surface area (Å²) in [6.07, 6.45) is 4.99. The number of para-hydroxylation sites is 2. The number of pyridine rings is 3. The van der Waals surface area contributed by atoms with E-state index in [1.54, 1.807) is 42.9 Å². The van der Waals surface area contributed by atoms with Crippen LogP contribution < -0.4 is 15.5 Å². The Morgan fingerprint density at radius 3 is 2.21 bits per heavy atom. The highest BCUT2D eigenvalue weighted by Gasteiger charge is 2.15. The van der Waals surface area contributed by atoms with Crippen LogP contribution in [0.3, 0.4) is 0 Å². The maximum absolute atomic E-state index is 13.1. The molecule has 0 aliphatic heterocycles. The van der Waals surface area contributed by atoms with E-state index < -0.39 is 0 Å². The van der Waals surface area contributed by atoms with Gasteiger partial charge in [0, 0.05) is 29.4 Å². The number of amides is 1. The fourth-order valence-electron chi connectivity index (χ4n) is 3.80. The molecule has 0 aliphatic carbocycles. The van der Waals surface area contributed by atoms with Crippen molar-refractivity contribution in [2.45, 2.75) is 13.2 Å². The molecule has 7 nitrogen and oxygen atoms in total. The summed E-state index contributed by atoms with van der Waals surface area (Å²) in [7, 11) is 0. The molecule has 0 saturated heterocycles. The number of anilines is 1. The van der Waals surface area contributed by atoms with Gasteiger partial charge in [-0.25, -0.2) is 4.98 Å². The standard InChI is InChI=1S/C26H20N4O3/c31-24(29-26-23(10-5-13-28-26)33-17-18-11-14-27-15-12-18)16-30-21-8-3-1-6-19(21)25(32)20-7-2-4-9-22(20)30/h1-15H,16-17H2,(H,28,29,31). The Hall–Kier alpha value is -4.52. The van der Waals surface area contributed by atoms with Crippen LogP contribution in [0.25, 0.3) is 21.8 Å². The average molecular weight is 436 g/mol. The summed E-state index contributed by atoms with van der Waals surface area (Å²) in [5.74, 6) is 0.532. The summed E-state index contributed by atoms with van der Waals surface area (Å²) in [5, 5.41) is 4.00. The van der Waals surface area contributed by atoms with E-state index in [9.17, 15) is 9.59 Å². The van der Waals surface area contributed by atoms with Crippen molar-refractivity contribution in [1.29, 1.82) is 0 Å². The zero-order valence-electron chi connectivity index (χ0n) is 17.6. The third-order valence-corrected chi connectivity index (χ3v) is 5.35. The van der Waals surface area contributed by atoms with Gasteiger partial charge in [0.1, 0.15) is 13.2 Å². The van der Waals surface area contributed by atoms with E-state index in [-0.39, 0.29) is 17.9 Å². The second-order valence-corrected chi connectivity index (χ2v) is 7.49. The molecule has 1 N–H and O–H groups in total. The lowest BCUT2D eigenvalue weighted by Crippen LogP contribution is -2.22. The second-order valence-electron chi connectivity index (χ2n) is 7.49. The average Bonchev–Trinajstić information content (AvgIpc) is 2.87. The molecule has 3 heterocycles. The van der Waals surface area contributed by atoms with Gasteiger partial charge in [-0.2, -0.15) is 0 Å². The Morgan fingerprint density at radius 2 is 1.52 bits per heavy atom. The smallest absolute Gasteiger partial charge is 0.245 e. The molecule has 0 spiro atoms. The van der Waals surface area contributed by atoms with Crippen LogP contribution in [0.4, 0.5) is 5.82 Å².